The molecule has 3 N–H and O–H groups in total. The van der Waals surface area contributed by atoms with Crippen molar-refractivity contribution in [3.63, 3.8) is 0 Å². The van der Waals surface area contributed by atoms with Crippen LogP contribution in [0.4, 0.5) is 0 Å². The second-order valence-corrected chi connectivity index (χ2v) is 5.88. The molecule has 1 aliphatic rings. The molecule has 0 fully saturated rings. The highest BCUT2D eigenvalue weighted by Crippen LogP contribution is 2.45. The average molecular weight is 251 g/mol. The molecular formula is C14H21NOS. The van der Waals surface area contributed by atoms with Gasteiger partial charge in [-0.15, -0.1) is 11.8 Å². The van der Waals surface area contributed by atoms with E-state index in [-0.39, 0.29) is 18.1 Å². The molecule has 0 spiro atoms. The van der Waals surface area contributed by atoms with Crippen LogP contribution >= 0.6 is 11.8 Å². The van der Waals surface area contributed by atoms with Crippen molar-refractivity contribution in [1.82, 2.24) is 0 Å². The lowest BCUT2D eigenvalue weighted by molar-refractivity contribution is 0.204. The Hall–Kier alpha value is -0.510. The number of benzene rings is 1. The van der Waals surface area contributed by atoms with Gasteiger partial charge in [0.05, 0.1) is 0 Å². The molecule has 1 aromatic carbocycles. The maximum Gasteiger partial charge on any atom is 0.0440 e. The van der Waals surface area contributed by atoms with E-state index < -0.39 is 0 Å². The topological polar surface area (TPSA) is 46.2 Å². The second-order valence-electron chi connectivity index (χ2n) is 4.74. The molecular weight excluding hydrogens is 230 g/mol. The predicted molar refractivity (Wildman–Crippen MR) is 73.4 cm³/mol. The van der Waals surface area contributed by atoms with Gasteiger partial charge in [0.2, 0.25) is 0 Å². The number of rotatable bonds is 4. The summed E-state index contributed by atoms with van der Waals surface area (Å²) in [4.78, 5) is 1.34. The van der Waals surface area contributed by atoms with Crippen LogP contribution in [0.25, 0.3) is 0 Å². The first-order valence-electron chi connectivity index (χ1n) is 6.33. The smallest absolute Gasteiger partial charge is 0.0440 e. The van der Waals surface area contributed by atoms with Gasteiger partial charge in [-0.3, -0.25) is 0 Å². The van der Waals surface area contributed by atoms with Crippen LogP contribution in [0.5, 0.6) is 0 Å². The summed E-state index contributed by atoms with van der Waals surface area (Å²) in [5, 5.41) is 9.39. The van der Waals surface area contributed by atoms with Gasteiger partial charge in [-0.05, 0) is 36.6 Å². The van der Waals surface area contributed by atoms with E-state index in [9.17, 15) is 5.11 Å². The zero-order valence-corrected chi connectivity index (χ0v) is 11.2. The molecule has 2 rings (SSSR count). The summed E-state index contributed by atoms with van der Waals surface area (Å²) in [5.74, 6) is 1.10. The van der Waals surface area contributed by atoms with E-state index in [1.54, 1.807) is 0 Å². The summed E-state index contributed by atoms with van der Waals surface area (Å²) in [5.41, 5.74) is 7.69. The minimum atomic E-state index is -0.0225. The van der Waals surface area contributed by atoms with Gasteiger partial charge >= 0.3 is 0 Å². The number of hydrogen-bond donors (Lipinski definition) is 2. The summed E-state index contributed by atoms with van der Waals surface area (Å²) in [6.45, 7) is 2.35. The van der Waals surface area contributed by atoms with Gasteiger partial charge in [-0.2, -0.15) is 0 Å². The van der Waals surface area contributed by atoms with Crippen LogP contribution in [0.15, 0.2) is 29.2 Å². The minimum Gasteiger partial charge on any atom is -0.396 e. The summed E-state index contributed by atoms with van der Waals surface area (Å²) in [7, 11) is 0. The van der Waals surface area contributed by atoms with Crippen molar-refractivity contribution in [3.05, 3.63) is 29.8 Å². The predicted octanol–water partition coefficient (Wildman–Crippen LogP) is 2.54. The first kappa shape index (κ1) is 12.9. The SMILES string of the molecule is CCC(N)C1(CCO)CCSc2ccccc21. The molecule has 2 atom stereocenters. The van der Waals surface area contributed by atoms with Gasteiger partial charge in [0.15, 0.2) is 0 Å². The molecule has 2 unspecified atom stereocenters. The Labute approximate surface area is 108 Å². The van der Waals surface area contributed by atoms with Crippen LogP contribution in [0, 0.1) is 0 Å². The fraction of sp³-hybridized carbons (Fsp3) is 0.571. The number of aliphatic hydroxyl groups excluding tert-OH is 1. The molecule has 0 aliphatic carbocycles. The monoisotopic (exact) mass is 251 g/mol. The molecule has 0 saturated carbocycles. The number of nitrogens with two attached hydrogens (primary N) is 1. The second kappa shape index (κ2) is 5.42. The first-order chi connectivity index (χ1) is 8.24. The highest BCUT2D eigenvalue weighted by atomic mass is 32.2. The van der Waals surface area contributed by atoms with E-state index in [0.29, 0.717) is 0 Å². The fourth-order valence-corrected chi connectivity index (χ4v) is 4.19. The maximum absolute atomic E-state index is 9.39. The molecule has 17 heavy (non-hydrogen) atoms. The largest absolute Gasteiger partial charge is 0.396 e. The van der Waals surface area contributed by atoms with Crippen LogP contribution in [0.3, 0.4) is 0 Å². The Balaban J connectivity index is 2.47. The Morgan fingerprint density at radius 1 is 1.47 bits per heavy atom. The number of aliphatic hydroxyl groups is 1. The zero-order valence-electron chi connectivity index (χ0n) is 10.4. The number of thioether (sulfide) groups is 1. The van der Waals surface area contributed by atoms with Gasteiger partial charge in [0.25, 0.3) is 0 Å². The molecule has 0 saturated heterocycles. The molecule has 3 heteroatoms. The molecule has 1 aliphatic heterocycles. The zero-order chi connectivity index (χ0) is 12.3. The fourth-order valence-electron chi connectivity index (χ4n) is 2.90. The van der Waals surface area contributed by atoms with Crippen LogP contribution in [-0.2, 0) is 5.41 Å². The van der Waals surface area contributed by atoms with Crippen molar-refractivity contribution in [1.29, 1.82) is 0 Å². The Bertz CT molecular complexity index is 382. The van der Waals surface area contributed by atoms with Gasteiger partial charge in [0, 0.05) is 23.0 Å². The third kappa shape index (κ3) is 2.24. The molecule has 2 nitrogen and oxygen atoms in total. The average Bonchev–Trinajstić information content (AvgIpc) is 2.38. The molecule has 0 aromatic heterocycles. The summed E-state index contributed by atoms with van der Waals surface area (Å²) in [6.07, 6.45) is 2.81. The van der Waals surface area contributed by atoms with E-state index in [1.165, 1.54) is 10.5 Å². The number of hydrogen-bond acceptors (Lipinski definition) is 3. The third-order valence-electron chi connectivity index (χ3n) is 3.94. The summed E-state index contributed by atoms with van der Waals surface area (Å²) in [6, 6.07) is 8.66. The van der Waals surface area contributed by atoms with Crippen molar-refractivity contribution in [3.8, 4) is 0 Å². The minimum absolute atomic E-state index is 0.0225. The van der Waals surface area contributed by atoms with Gasteiger partial charge < -0.3 is 10.8 Å². The quantitative estimate of drug-likeness (QED) is 0.864. The highest BCUT2D eigenvalue weighted by Gasteiger charge is 2.40. The first-order valence-corrected chi connectivity index (χ1v) is 7.32. The van der Waals surface area contributed by atoms with E-state index in [4.69, 9.17) is 5.73 Å². The van der Waals surface area contributed by atoms with Crippen molar-refractivity contribution in [2.24, 2.45) is 5.73 Å². The Morgan fingerprint density at radius 2 is 2.24 bits per heavy atom. The number of fused-ring (bicyclic) bond motifs is 1. The lowest BCUT2D eigenvalue weighted by atomic mass is 9.69. The van der Waals surface area contributed by atoms with E-state index in [1.807, 2.05) is 11.8 Å². The van der Waals surface area contributed by atoms with Gasteiger partial charge in [0.1, 0.15) is 0 Å². The van der Waals surface area contributed by atoms with E-state index in [2.05, 4.69) is 31.2 Å². The standard InChI is InChI=1S/C14H21NOS/c1-2-13(15)14(7-9-16)8-10-17-12-6-4-3-5-11(12)14/h3-6,13,16H,2,7-10,15H2,1H3. The van der Waals surface area contributed by atoms with Crippen LogP contribution in [0.1, 0.15) is 31.7 Å². The summed E-state index contributed by atoms with van der Waals surface area (Å²) >= 11 is 1.91. The van der Waals surface area contributed by atoms with Crippen LogP contribution in [0.2, 0.25) is 0 Å². The third-order valence-corrected chi connectivity index (χ3v) is 5.01. The lowest BCUT2D eigenvalue weighted by Gasteiger charge is -2.43. The summed E-state index contributed by atoms with van der Waals surface area (Å²) < 4.78 is 0. The van der Waals surface area contributed by atoms with E-state index in [0.717, 1.165) is 25.0 Å². The molecule has 0 bridgehead atoms. The molecule has 1 heterocycles. The van der Waals surface area contributed by atoms with Crippen LogP contribution in [-0.4, -0.2) is 23.5 Å². The molecule has 1 aromatic rings. The van der Waals surface area contributed by atoms with Crippen molar-refractivity contribution < 1.29 is 5.11 Å². The van der Waals surface area contributed by atoms with E-state index >= 15 is 0 Å². The Kier molecular flexibility index (Phi) is 4.13. The lowest BCUT2D eigenvalue weighted by Crippen LogP contribution is -2.47. The van der Waals surface area contributed by atoms with Crippen LogP contribution < -0.4 is 5.73 Å². The Morgan fingerprint density at radius 3 is 2.94 bits per heavy atom. The molecule has 94 valence electrons. The molecule has 0 radical (unpaired) electrons. The van der Waals surface area contributed by atoms with Gasteiger partial charge in [-0.25, -0.2) is 0 Å². The molecule has 0 amide bonds. The maximum atomic E-state index is 9.39. The van der Waals surface area contributed by atoms with Crippen molar-refractivity contribution in [2.45, 2.75) is 42.5 Å². The van der Waals surface area contributed by atoms with Gasteiger partial charge in [-0.1, -0.05) is 25.1 Å². The highest BCUT2D eigenvalue weighted by molar-refractivity contribution is 7.99. The normalized spacial score (nSPS) is 25.4. The van der Waals surface area contributed by atoms with Crippen molar-refractivity contribution in [2.75, 3.05) is 12.4 Å². The van der Waals surface area contributed by atoms with Crippen molar-refractivity contribution >= 4 is 11.8 Å².